The van der Waals surface area contributed by atoms with Crippen LogP contribution in [0.1, 0.15) is 12.8 Å². The molecule has 0 atom stereocenters. The molecule has 0 radical (unpaired) electrons. The lowest BCUT2D eigenvalue weighted by Crippen LogP contribution is -2.46. The molecule has 0 aromatic rings. The van der Waals surface area contributed by atoms with E-state index in [0.717, 1.165) is 0 Å². The molecule has 1 fully saturated rings. The number of hydrogen-bond acceptors (Lipinski definition) is 4. The van der Waals surface area contributed by atoms with E-state index >= 15 is 0 Å². The second-order valence-electron chi connectivity index (χ2n) is 3.31. The van der Waals surface area contributed by atoms with Crippen LogP contribution in [0, 0.1) is 4.78 Å². The van der Waals surface area contributed by atoms with Gasteiger partial charge in [0.25, 0.3) is 0 Å². The molecule has 72 valence electrons. The van der Waals surface area contributed by atoms with Gasteiger partial charge in [-0.1, -0.05) is 0 Å². The fraction of sp³-hybridized carbons (Fsp3) is 1.00. The summed E-state index contributed by atoms with van der Waals surface area (Å²) in [4.78, 5) is 0. The Morgan fingerprint density at radius 2 is 2.08 bits per heavy atom. The van der Waals surface area contributed by atoms with Gasteiger partial charge < -0.3 is 10.5 Å². The molecule has 1 heterocycles. The van der Waals surface area contributed by atoms with Crippen LogP contribution in [0.2, 0.25) is 0 Å². The summed E-state index contributed by atoms with van der Waals surface area (Å²) in [5.41, 5.74) is 5.25. The molecule has 0 aliphatic carbocycles. The molecule has 0 aromatic carbocycles. The van der Waals surface area contributed by atoms with Crippen LogP contribution in [0.15, 0.2) is 0 Å². The summed E-state index contributed by atoms with van der Waals surface area (Å²) in [6.45, 7) is 0.457. The number of hydrogen-bond donors (Lipinski definition) is 2. The van der Waals surface area contributed by atoms with Crippen LogP contribution in [0.25, 0.3) is 0 Å². The quantitative estimate of drug-likeness (QED) is 0.655. The average molecular weight is 192 g/mol. The van der Waals surface area contributed by atoms with Crippen molar-refractivity contribution in [2.24, 2.45) is 5.73 Å². The van der Waals surface area contributed by atoms with E-state index in [4.69, 9.17) is 15.3 Å². The maximum absolute atomic E-state index is 11.3. The normalized spacial score (nSPS) is 42.8. The van der Waals surface area contributed by atoms with E-state index in [1.807, 2.05) is 0 Å². The summed E-state index contributed by atoms with van der Waals surface area (Å²) in [7, 11) is -0.681. The molecule has 0 saturated carbocycles. The van der Waals surface area contributed by atoms with Crippen LogP contribution < -0.4 is 5.73 Å². The fourth-order valence-corrected chi connectivity index (χ4v) is 3.03. The summed E-state index contributed by atoms with van der Waals surface area (Å²) >= 11 is 0. The van der Waals surface area contributed by atoms with E-state index in [-0.39, 0.29) is 5.60 Å². The standard InChI is InChI=1S/C7H16N2O2S/c1-11-7(6-8)2-4-12(9,10)5-3-7/h9H,2-6,8H2,1H3. The lowest BCUT2D eigenvalue weighted by atomic mass is 9.97. The Morgan fingerprint density at radius 3 is 2.42 bits per heavy atom. The van der Waals surface area contributed by atoms with E-state index in [1.165, 1.54) is 0 Å². The highest BCUT2D eigenvalue weighted by Crippen LogP contribution is 2.25. The monoisotopic (exact) mass is 192 g/mol. The summed E-state index contributed by atoms with van der Waals surface area (Å²) in [5, 5.41) is 0. The van der Waals surface area contributed by atoms with Crippen molar-refractivity contribution in [3.05, 3.63) is 0 Å². The van der Waals surface area contributed by atoms with Crippen molar-refractivity contribution < 1.29 is 8.95 Å². The minimum absolute atomic E-state index is 0.304. The summed E-state index contributed by atoms with van der Waals surface area (Å²) < 4.78 is 24.0. The molecular formula is C7H16N2O2S. The van der Waals surface area contributed by atoms with E-state index in [9.17, 15) is 4.21 Å². The first-order valence-electron chi connectivity index (χ1n) is 4.03. The molecular weight excluding hydrogens is 176 g/mol. The molecule has 0 amide bonds. The molecule has 3 N–H and O–H groups in total. The Balaban J connectivity index is 2.66. The largest absolute Gasteiger partial charge is 0.377 e. The van der Waals surface area contributed by atoms with Crippen LogP contribution in [-0.4, -0.2) is 35.0 Å². The smallest absolute Gasteiger partial charge is 0.0818 e. The van der Waals surface area contributed by atoms with Crippen LogP contribution >= 0.6 is 0 Å². The van der Waals surface area contributed by atoms with Gasteiger partial charge >= 0.3 is 0 Å². The third-order valence-electron chi connectivity index (χ3n) is 2.58. The zero-order chi connectivity index (χ0) is 9.24. The lowest BCUT2D eigenvalue weighted by molar-refractivity contribution is -0.00989. The molecule has 0 bridgehead atoms. The summed E-state index contributed by atoms with van der Waals surface area (Å²) in [5.74, 6) is 0.857. The van der Waals surface area contributed by atoms with Gasteiger partial charge in [0.1, 0.15) is 0 Å². The Labute approximate surface area is 73.4 Å². The van der Waals surface area contributed by atoms with Gasteiger partial charge in [-0.05, 0) is 12.8 Å². The molecule has 1 saturated heterocycles. The number of nitrogens with one attached hydrogen (secondary N) is 1. The van der Waals surface area contributed by atoms with Crippen molar-refractivity contribution in [2.75, 3.05) is 25.2 Å². The van der Waals surface area contributed by atoms with Crippen molar-refractivity contribution in [3.8, 4) is 0 Å². The van der Waals surface area contributed by atoms with Crippen LogP contribution in [0.5, 0.6) is 0 Å². The summed E-state index contributed by atoms with van der Waals surface area (Å²) in [6.07, 6.45) is 1.31. The van der Waals surface area contributed by atoms with Gasteiger partial charge in [-0.2, -0.15) is 0 Å². The number of methoxy groups -OCH3 is 1. The molecule has 1 aliphatic heterocycles. The van der Waals surface area contributed by atoms with E-state index in [0.29, 0.717) is 30.9 Å². The second kappa shape index (κ2) is 3.32. The molecule has 0 spiro atoms. The predicted molar refractivity (Wildman–Crippen MR) is 48.6 cm³/mol. The predicted octanol–water partition coefficient (Wildman–Crippen LogP) is 0.171. The van der Waals surface area contributed by atoms with Crippen LogP contribution in [-0.2, 0) is 14.5 Å². The van der Waals surface area contributed by atoms with Gasteiger partial charge in [-0.3, -0.25) is 4.78 Å². The Bertz CT molecular complexity index is 228. The highest BCUT2D eigenvalue weighted by Gasteiger charge is 2.34. The van der Waals surface area contributed by atoms with Crippen molar-refractivity contribution in [2.45, 2.75) is 18.4 Å². The zero-order valence-corrected chi connectivity index (χ0v) is 8.15. The topological polar surface area (TPSA) is 76.2 Å². The highest BCUT2D eigenvalue weighted by atomic mass is 32.2. The lowest BCUT2D eigenvalue weighted by Gasteiger charge is -2.35. The van der Waals surface area contributed by atoms with Gasteiger partial charge in [0.2, 0.25) is 0 Å². The first kappa shape index (κ1) is 9.95. The second-order valence-corrected chi connectivity index (χ2v) is 5.75. The molecule has 1 rings (SSSR count). The third-order valence-corrected chi connectivity index (χ3v) is 4.31. The number of rotatable bonds is 2. The number of ether oxygens (including phenoxy) is 1. The average Bonchev–Trinajstić information content (AvgIpc) is 2.06. The SMILES string of the molecule is COC1(CN)CCS(=N)(=O)CC1. The molecule has 12 heavy (non-hydrogen) atoms. The van der Waals surface area contributed by atoms with Crippen molar-refractivity contribution in [1.29, 1.82) is 4.78 Å². The Kier molecular flexibility index (Phi) is 2.75. The Morgan fingerprint density at radius 1 is 1.58 bits per heavy atom. The van der Waals surface area contributed by atoms with Crippen molar-refractivity contribution >= 4 is 9.73 Å². The van der Waals surface area contributed by atoms with Crippen LogP contribution in [0.4, 0.5) is 0 Å². The highest BCUT2D eigenvalue weighted by molar-refractivity contribution is 7.92. The van der Waals surface area contributed by atoms with Gasteiger partial charge in [-0.15, -0.1) is 0 Å². The van der Waals surface area contributed by atoms with E-state index in [1.54, 1.807) is 7.11 Å². The molecule has 5 heteroatoms. The minimum atomic E-state index is -2.31. The van der Waals surface area contributed by atoms with Gasteiger partial charge in [-0.25, -0.2) is 4.21 Å². The number of nitrogens with two attached hydrogens (primary N) is 1. The summed E-state index contributed by atoms with van der Waals surface area (Å²) in [6, 6.07) is 0. The maximum atomic E-state index is 11.3. The third kappa shape index (κ3) is 1.97. The van der Waals surface area contributed by atoms with Gasteiger partial charge in [0, 0.05) is 34.9 Å². The first-order valence-corrected chi connectivity index (χ1v) is 5.93. The van der Waals surface area contributed by atoms with E-state index in [2.05, 4.69) is 0 Å². The Hall–Kier alpha value is -0.130. The fourth-order valence-electron chi connectivity index (χ4n) is 1.42. The molecule has 0 aromatic heterocycles. The van der Waals surface area contributed by atoms with Gasteiger partial charge in [0.15, 0.2) is 0 Å². The minimum Gasteiger partial charge on any atom is -0.377 e. The van der Waals surface area contributed by atoms with E-state index < -0.39 is 9.73 Å². The van der Waals surface area contributed by atoms with Crippen molar-refractivity contribution in [3.63, 3.8) is 0 Å². The van der Waals surface area contributed by atoms with Gasteiger partial charge in [0.05, 0.1) is 5.60 Å². The van der Waals surface area contributed by atoms with Crippen LogP contribution in [0.3, 0.4) is 0 Å². The zero-order valence-electron chi connectivity index (χ0n) is 7.34. The maximum Gasteiger partial charge on any atom is 0.0818 e. The molecule has 0 unspecified atom stereocenters. The van der Waals surface area contributed by atoms with Crippen molar-refractivity contribution in [1.82, 2.24) is 0 Å². The molecule has 1 aliphatic rings. The molecule has 4 nitrogen and oxygen atoms in total. The first-order chi connectivity index (χ1) is 5.54.